The van der Waals surface area contributed by atoms with Crippen LogP contribution < -0.4 is 0 Å². The summed E-state index contributed by atoms with van der Waals surface area (Å²) in [5.41, 5.74) is 3.75. The second-order valence-electron chi connectivity index (χ2n) is 6.52. The molecule has 5 heteroatoms. The third-order valence-electron chi connectivity index (χ3n) is 4.66. The summed E-state index contributed by atoms with van der Waals surface area (Å²) in [7, 11) is 1.27. The largest absolute Gasteiger partial charge is 0.465 e. The minimum Gasteiger partial charge on any atom is -0.465 e. The van der Waals surface area contributed by atoms with Gasteiger partial charge < -0.3 is 9.72 Å². The summed E-state index contributed by atoms with van der Waals surface area (Å²) in [6, 6.07) is 19.1. The van der Waals surface area contributed by atoms with E-state index in [1.807, 2.05) is 48.5 Å². The van der Waals surface area contributed by atoms with Gasteiger partial charge in [0.05, 0.1) is 30.0 Å². The van der Waals surface area contributed by atoms with Crippen LogP contribution in [0.5, 0.6) is 0 Å². The van der Waals surface area contributed by atoms with Gasteiger partial charge in [-0.2, -0.15) is 5.26 Å². The molecule has 0 radical (unpaired) electrons. The van der Waals surface area contributed by atoms with Crippen LogP contribution in [0.4, 0.5) is 0 Å². The number of carbonyl (C=O) groups is 2. The monoisotopic (exact) mass is 384 g/mol. The first-order chi connectivity index (χ1) is 14.1. The van der Waals surface area contributed by atoms with E-state index in [4.69, 9.17) is 10.00 Å². The number of nitrogens with zero attached hydrogens (tertiary/aromatic N) is 1. The molecule has 2 aromatic carbocycles. The van der Waals surface area contributed by atoms with Gasteiger partial charge in [-0.05, 0) is 30.5 Å². The minimum absolute atomic E-state index is 0.185. The Labute approximate surface area is 169 Å². The highest BCUT2D eigenvalue weighted by Gasteiger charge is 2.27. The van der Waals surface area contributed by atoms with Crippen molar-refractivity contribution in [2.45, 2.75) is 13.3 Å². The highest BCUT2D eigenvalue weighted by Crippen LogP contribution is 2.26. The smallest absolute Gasteiger partial charge is 0.340 e. The Morgan fingerprint density at radius 3 is 2.45 bits per heavy atom. The molecule has 0 spiro atoms. The molecule has 0 aliphatic rings. The number of nitriles is 1. The van der Waals surface area contributed by atoms with Gasteiger partial charge in [0.1, 0.15) is 0 Å². The number of hydrogen-bond donors (Lipinski definition) is 1. The second kappa shape index (κ2) is 8.85. The molecule has 0 bridgehead atoms. The van der Waals surface area contributed by atoms with Crippen molar-refractivity contribution in [3.8, 4) is 6.07 Å². The van der Waals surface area contributed by atoms with Crippen molar-refractivity contribution < 1.29 is 14.3 Å². The summed E-state index contributed by atoms with van der Waals surface area (Å²) in [6.45, 7) is 1.70. The summed E-state index contributed by atoms with van der Waals surface area (Å²) < 4.78 is 4.89. The maximum Gasteiger partial charge on any atom is 0.340 e. The number of aryl methyl sites for hydroxylation is 1. The summed E-state index contributed by atoms with van der Waals surface area (Å²) in [4.78, 5) is 28.9. The third-order valence-corrected chi connectivity index (χ3v) is 4.66. The average Bonchev–Trinajstić information content (AvgIpc) is 3.08. The van der Waals surface area contributed by atoms with Crippen molar-refractivity contribution in [1.82, 2.24) is 4.98 Å². The van der Waals surface area contributed by atoms with Crippen LogP contribution in [0.25, 0.3) is 6.08 Å². The van der Waals surface area contributed by atoms with E-state index in [0.717, 1.165) is 11.1 Å². The number of aromatic amines is 1. The third kappa shape index (κ3) is 4.17. The lowest BCUT2D eigenvalue weighted by molar-refractivity contribution is 0.0597. The molecular weight excluding hydrogens is 364 g/mol. The van der Waals surface area contributed by atoms with Gasteiger partial charge in [0.2, 0.25) is 0 Å². The van der Waals surface area contributed by atoms with Crippen LogP contribution in [0.2, 0.25) is 0 Å². The SMILES string of the molecule is COC(=O)c1c(C)[nH]c(C=CC#N)c1C(=O)c1ccccc1Cc1ccccc1. The van der Waals surface area contributed by atoms with Gasteiger partial charge in [-0.25, -0.2) is 4.79 Å². The number of hydrogen-bond acceptors (Lipinski definition) is 4. The van der Waals surface area contributed by atoms with Gasteiger partial charge in [0.15, 0.2) is 5.78 Å². The fourth-order valence-electron chi connectivity index (χ4n) is 3.33. The van der Waals surface area contributed by atoms with E-state index in [2.05, 4.69) is 4.98 Å². The molecule has 1 heterocycles. The Hall–Kier alpha value is -3.91. The maximum absolute atomic E-state index is 13.6. The van der Waals surface area contributed by atoms with E-state index in [1.54, 1.807) is 19.1 Å². The molecule has 0 saturated heterocycles. The lowest BCUT2D eigenvalue weighted by Crippen LogP contribution is -2.13. The highest BCUT2D eigenvalue weighted by atomic mass is 16.5. The van der Waals surface area contributed by atoms with Crippen molar-refractivity contribution in [3.05, 3.63) is 99.9 Å². The number of ether oxygens (including phenoxy) is 1. The zero-order valence-electron chi connectivity index (χ0n) is 16.2. The fourth-order valence-corrected chi connectivity index (χ4v) is 3.33. The predicted molar refractivity (Wildman–Crippen MR) is 111 cm³/mol. The predicted octanol–water partition coefficient (Wildman–Crippen LogP) is 4.47. The van der Waals surface area contributed by atoms with Crippen LogP contribution >= 0.6 is 0 Å². The number of rotatable bonds is 6. The number of allylic oxidation sites excluding steroid dienone is 1. The maximum atomic E-state index is 13.6. The molecule has 0 fully saturated rings. The quantitative estimate of drug-likeness (QED) is 0.386. The second-order valence-corrected chi connectivity index (χ2v) is 6.52. The van der Waals surface area contributed by atoms with Crippen molar-refractivity contribution in [2.24, 2.45) is 0 Å². The standard InChI is InChI=1S/C24H20N2O3/c1-16-21(24(28)29-2)22(20(26-16)13-8-14-25)23(27)19-12-7-6-11-18(19)15-17-9-4-3-5-10-17/h3-13,26H,15H2,1-2H3. The molecule has 0 aliphatic carbocycles. The van der Waals surface area contributed by atoms with Crippen LogP contribution in [-0.4, -0.2) is 23.8 Å². The van der Waals surface area contributed by atoms with Crippen LogP contribution in [0.1, 0.15) is 48.8 Å². The summed E-state index contributed by atoms with van der Waals surface area (Å²) >= 11 is 0. The Kier molecular flexibility index (Phi) is 6.06. The summed E-state index contributed by atoms with van der Waals surface area (Å²) in [6.07, 6.45) is 3.34. The molecule has 3 rings (SSSR count). The summed E-state index contributed by atoms with van der Waals surface area (Å²) in [5.74, 6) is -0.891. The van der Waals surface area contributed by atoms with E-state index in [9.17, 15) is 9.59 Å². The molecule has 0 unspecified atom stereocenters. The van der Waals surface area contributed by atoms with Gasteiger partial charge >= 0.3 is 5.97 Å². The number of nitrogens with one attached hydrogen (secondary N) is 1. The highest BCUT2D eigenvalue weighted by molar-refractivity contribution is 6.17. The Morgan fingerprint density at radius 1 is 1.07 bits per heavy atom. The number of H-pyrrole nitrogens is 1. The van der Waals surface area contributed by atoms with Crippen molar-refractivity contribution in [3.63, 3.8) is 0 Å². The Balaban J connectivity index is 2.13. The van der Waals surface area contributed by atoms with Gasteiger partial charge in [-0.3, -0.25) is 4.79 Å². The van der Waals surface area contributed by atoms with E-state index < -0.39 is 5.97 Å². The van der Waals surface area contributed by atoms with Crippen LogP contribution in [0.15, 0.2) is 60.7 Å². The summed E-state index contributed by atoms with van der Waals surface area (Å²) in [5, 5.41) is 8.89. The van der Waals surface area contributed by atoms with E-state index >= 15 is 0 Å². The van der Waals surface area contributed by atoms with Gasteiger partial charge in [0.25, 0.3) is 0 Å². The average molecular weight is 384 g/mol. The molecule has 1 aromatic heterocycles. The molecule has 5 nitrogen and oxygen atoms in total. The number of benzene rings is 2. The first-order valence-corrected chi connectivity index (χ1v) is 9.10. The van der Waals surface area contributed by atoms with Crippen molar-refractivity contribution in [2.75, 3.05) is 7.11 Å². The molecule has 0 atom stereocenters. The van der Waals surface area contributed by atoms with Crippen LogP contribution in [0, 0.1) is 18.3 Å². The lowest BCUT2D eigenvalue weighted by atomic mass is 9.92. The minimum atomic E-state index is -0.598. The molecule has 3 aromatic rings. The van der Waals surface area contributed by atoms with Gasteiger partial charge in [-0.15, -0.1) is 0 Å². The van der Waals surface area contributed by atoms with Gasteiger partial charge in [0, 0.05) is 17.3 Å². The number of methoxy groups -OCH3 is 1. The Morgan fingerprint density at radius 2 is 1.76 bits per heavy atom. The molecular formula is C24H20N2O3. The fraction of sp³-hybridized carbons (Fsp3) is 0.125. The lowest BCUT2D eigenvalue weighted by Gasteiger charge is -2.10. The molecule has 0 saturated carbocycles. The zero-order valence-corrected chi connectivity index (χ0v) is 16.2. The topological polar surface area (TPSA) is 82.9 Å². The molecule has 1 N–H and O–H groups in total. The molecule has 0 amide bonds. The first-order valence-electron chi connectivity index (χ1n) is 9.10. The van der Waals surface area contributed by atoms with Crippen molar-refractivity contribution in [1.29, 1.82) is 5.26 Å². The number of carbonyl (C=O) groups excluding carboxylic acids is 2. The number of esters is 1. The van der Waals surface area contributed by atoms with Gasteiger partial charge in [-0.1, -0.05) is 54.6 Å². The molecule has 0 aliphatic heterocycles. The number of ketones is 1. The van der Waals surface area contributed by atoms with E-state index in [1.165, 1.54) is 19.3 Å². The zero-order chi connectivity index (χ0) is 20.8. The van der Waals surface area contributed by atoms with E-state index in [0.29, 0.717) is 23.4 Å². The van der Waals surface area contributed by atoms with Crippen LogP contribution in [0.3, 0.4) is 0 Å². The normalized spacial score (nSPS) is 10.7. The molecule has 29 heavy (non-hydrogen) atoms. The number of aromatic nitrogens is 1. The first kappa shape index (κ1) is 19.8. The Bertz CT molecular complexity index is 1120. The van der Waals surface area contributed by atoms with Crippen molar-refractivity contribution >= 4 is 17.8 Å². The van der Waals surface area contributed by atoms with Crippen LogP contribution in [-0.2, 0) is 11.2 Å². The van der Waals surface area contributed by atoms with E-state index in [-0.39, 0.29) is 16.9 Å². The molecule has 144 valence electrons.